The smallest absolute Gasteiger partial charge is 0.223 e. The Morgan fingerprint density at radius 1 is 1.53 bits per heavy atom. The summed E-state index contributed by atoms with van der Waals surface area (Å²) >= 11 is 0. The summed E-state index contributed by atoms with van der Waals surface area (Å²) in [6, 6.07) is 0.314. The molecule has 84 valence electrons. The van der Waals surface area contributed by atoms with E-state index in [-0.39, 0.29) is 12.3 Å². The highest BCUT2D eigenvalue weighted by Gasteiger charge is 2.15. The fourth-order valence-electron chi connectivity index (χ4n) is 1.54. The van der Waals surface area contributed by atoms with Crippen LogP contribution >= 0.6 is 0 Å². The first-order chi connectivity index (χ1) is 7.10. The number of carbonyl (C=O) groups is 1. The topological polar surface area (TPSA) is 73.8 Å². The van der Waals surface area contributed by atoms with Crippen LogP contribution in [0.25, 0.3) is 0 Å². The highest BCUT2D eigenvalue weighted by Crippen LogP contribution is 2.15. The molecule has 0 aliphatic heterocycles. The molecule has 5 heteroatoms. The zero-order valence-electron chi connectivity index (χ0n) is 9.53. The highest BCUT2D eigenvalue weighted by atomic mass is 16.1. The van der Waals surface area contributed by atoms with Crippen LogP contribution in [0.2, 0.25) is 0 Å². The van der Waals surface area contributed by atoms with Crippen LogP contribution in [0.4, 0.5) is 0 Å². The second kappa shape index (κ2) is 4.91. The number of rotatable bonds is 5. The lowest BCUT2D eigenvalue weighted by Gasteiger charge is -2.11. The van der Waals surface area contributed by atoms with Crippen molar-refractivity contribution >= 4 is 5.91 Å². The van der Waals surface area contributed by atoms with Gasteiger partial charge in [0.1, 0.15) is 0 Å². The van der Waals surface area contributed by atoms with Crippen molar-refractivity contribution in [3.63, 3.8) is 0 Å². The summed E-state index contributed by atoms with van der Waals surface area (Å²) in [4.78, 5) is 10.8. The highest BCUT2D eigenvalue weighted by molar-refractivity contribution is 5.76. The Kier molecular flexibility index (Phi) is 3.82. The summed E-state index contributed by atoms with van der Waals surface area (Å²) in [6.07, 6.45) is 1.99. The normalized spacial score (nSPS) is 12.7. The Balaban J connectivity index is 2.99. The molecule has 0 aliphatic rings. The molecule has 0 spiro atoms. The van der Waals surface area contributed by atoms with Gasteiger partial charge in [0.25, 0.3) is 0 Å². The molecule has 0 radical (unpaired) electrons. The van der Waals surface area contributed by atoms with Crippen molar-refractivity contribution in [1.82, 2.24) is 15.0 Å². The van der Waals surface area contributed by atoms with Gasteiger partial charge in [0.15, 0.2) is 0 Å². The van der Waals surface area contributed by atoms with Crippen LogP contribution < -0.4 is 5.73 Å². The van der Waals surface area contributed by atoms with Crippen LogP contribution in [0.15, 0.2) is 0 Å². The monoisotopic (exact) mass is 210 g/mol. The third-order valence-electron chi connectivity index (χ3n) is 2.56. The molecule has 1 aromatic rings. The van der Waals surface area contributed by atoms with Crippen molar-refractivity contribution in [1.29, 1.82) is 0 Å². The van der Waals surface area contributed by atoms with Crippen molar-refractivity contribution in [3.8, 4) is 0 Å². The van der Waals surface area contributed by atoms with E-state index < -0.39 is 0 Å². The molecule has 0 bridgehead atoms. The van der Waals surface area contributed by atoms with Crippen LogP contribution in [-0.4, -0.2) is 20.9 Å². The molecule has 0 aromatic carbocycles. The second-order valence-electron chi connectivity index (χ2n) is 3.68. The maximum Gasteiger partial charge on any atom is 0.223 e. The van der Waals surface area contributed by atoms with E-state index >= 15 is 0 Å². The zero-order chi connectivity index (χ0) is 11.4. The lowest BCUT2D eigenvalue weighted by atomic mass is 10.2. The predicted molar refractivity (Wildman–Crippen MR) is 57.3 cm³/mol. The molecular formula is C10H18N4O. The maximum atomic E-state index is 10.8. The summed E-state index contributed by atoms with van der Waals surface area (Å²) in [7, 11) is 0. The summed E-state index contributed by atoms with van der Waals surface area (Å²) in [5.74, 6) is -0.360. The van der Waals surface area contributed by atoms with E-state index in [1.165, 1.54) is 0 Å². The number of amides is 1. The molecule has 0 saturated carbocycles. The first-order valence-corrected chi connectivity index (χ1v) is 5.31. The van der Waals surface area contributed by atoms with Crippen LogP contribution in [0.5, 0.6) is 0 Å². The standard InChI is InChI=1S/C10H18N4O/c1-4-7(3)14-9(5-2)8(12-13-14)6-10(11)15/h7H,4-6H2,1-3H3,(H2,11,15). The molecule has 1 heterocycles. The lowest BCUT2D eigenvalue weighted by molar-refractivity contribution is -0.117. The average Bonchev–Trinajstić information content (AvgIpc) is 2.58. The first-order valence-electron chi connectivity index (χ1n) is 5.31. The van der Waals surface area contributed by atoms with Gasteiger partial charge in [0.05, 0.1) is 23.9 Å². The molecule has 15 heavy (non-hydrogen) atoms. The van der Waals surface area contributed by atoms with Gasteiger partial charge >= 0.3 is 0 Å². The molecule has 1 amide bonds. The summed E-state index contributed by atoms with van der Waals surface area (Å²) < 4.78 is 1.89. The van der Waals surface area contributed by atoms with Gasteiger partial charge < -0.3 is 5.73 Å². The minimum Gasteiger partial charge on any atom is -0.369 e. The molecule has 1 rings (SSSR count). The van der Waals surface area contributed by atoms with E-state index in [9.17, 15) is 4.79 Å². The van der Waals surface area contributed by atoms with Crippen molar-refractivity contribution in [2.24, 2.45) is 5.73 Å². The number of aromatic nitrogens is 3. The van der Waals surface area contributed by atoms with Crippen molar-refractivity contribution < 1.29 is 4.79 Å². The molecule has 1 unspecified atom stereocenters. The van der Waals surface area contributed by atoms with Gasteiger partial charge in [0.2, 0.25) is 5.91 Å². The maximum absolute atomic E-state index is 10.8. The van der Waals surface area contributed by atoms with E-state index in [1.807, 2.05) is 11.6 Å². The molecule has 0 fully saturated rings. The Labute approximate surface area is 89.6 Å². The molecule has 1 aromatic heterocycles. The lowest BCUT2D eigenvalue weighted by Crippen LogP contribution is -2.16. The number of hydrogen-bond donors (Lipinski definition) is 1. The Bertz CT molecular complexity index is 345. The van der Waals surface area contributed by atoms with Crippen LogP contribution in [-0.2, 0) is 17.6 Å². The molecule has 5 nitrogen and oxygen atoms in total. The van der Waals surface area contributed by atoms with Gasteiger partial charge in [-0.15, -0.1) is 5.10 Å². The number of hydrogen-bond acceptors (Lipinski definition) is 3. The summed E-state index contributed by atoms with van der Waals surface area (Å²) in [6.45, 7) is 6.21. The molecule has 2 N–H and O–H groups in total. The van der Waals surface area contributed by atoms with Gasteiger partial charge in [-0.05, 0) is 19.8 Å². The van der Waals surface area contributed by atoms with Crippen LogP contribution in [0.3, 0.4) is 0 Å². The third kappa shape index (κ3) is 2.55. The predicted octanol–water partition coefficient (Wildman–Crippen LogP) is 0.839. The van der Waals surface area contributed by atoms with E-state index in [4.69, 9.17) is 5.73 Å². The van der Waals surface area contributed by atoms with Gasteiger partial charge in [-0.2, -0.15) is 0 Å². The summed E-state index contributed by atoms with van der Waals surface area (Å²) in [5, 5.41) is 8.08. The van der Waals surface area contributed by atoms with Crippen LogP contribution in [0.1, 0.15) is 44.6 Å². The minimum absolute atomic E-state index is 0.180. The van der Waals surface area contributed by atoms with Gasteiger partial charge in [-0.3, -0.25) is 4.79 Å². The Morgan fingerprint density at radius 2 is 2.20 bits per heavy atom. The van der Waals surface area contributed by atoms with E-state index in [2.05, 4.69) is 24.2 Å². The van der Waals surface area contributed by atoms with Gasteiger partial charge in [0, 0.05) is 0 Å². The quantitative estimate of drug-likeness (QED) is 0.782. The van der Waals surface area contributed by atoms with E-state index in [0.29, 0.717) is 11.7 Å². The van der Waals surface area contributed by atoms with E-state index in [1.54, 1.807) is 0 Å². The second-order valence-corrected chi connectivity index (χ2v) is 3.68. The van der Waals surface area contributed by atoms with Crippen molar-refractivity contribution in [2.45, 2.75) is 46.1 Å². The molecule has 0 aliphatic carbocycles. The number of nitrogens with two attached hydrogens (primary N) is 1. The van der Waals surface area contributed by atoms with Crippen LogP contribution in [0, 0.1) is 0 Å². The SMILES string of the molecule is CCc1c(CC(N)=O)nnn1C(C)CC. The first kappa shape index (κ1) is 11.7. The van der Waals surface area contributed by atoms with Crippen molar-refractivity contribution in [3.05, 3.63) is 11.4 Å². The van der Waals surface area contributed by atoms with E-state index in [0.717, 1.165) is 18.5 Å². The van der Waals surface area contributed by atoms with Crippen molar-refractivity contribution in [2.75, 3.05) is 0 Å². The molecule has 0 saturated heterocycles. The Hall–Kier alpha value is -1.39. The van der Waals surface area contributed by atoms with Gasteiger partial charge in [-0.1, -0.05) is 19.1 Å². The average molecular weight is 210 g/mol. The molecule has 1 atom stereocenters. The minimum atomic E-state index is -0.360. The number of primary amides is 1. The molecular weight excluding hydrogens is 192 g/mol. The number of carbonyl (C=O) groups excluding carboxylic acids is 1. The Morgan fingerprint density at radius 3 is 2.67 bits per heavy atom. The summed E-state index contributed by atoms with van der Waals surface area (Å²) in [5.41, 5.74) is 6.88. The largest absolute Gasteiger partial charge is 0.369 e. The number of nitrogens with zero attached hydrogens (tertiary/aromatic N) is 3. The fourth-order valence-corrected chi connectivity index (χ4v) is 1.54. The van der Waals surface area contributed by atoms with Gasteiger partial charge in [-0.25, -0.2) is 4.68 Å². The third-order valence-corrected chi connectivity index (χ3v) is 2.56. The zero-order valence-corrected chi connectivity index (χ0v) is 9.53. The fraction of sp³-hybridized carbons (Fsp3) is 0.700.